The number of hydrogen-bond donors (Lipinski definition) is 1. The topological polar surface area (TPSA) is 64.9 Å². The highest BCUT2D eigenvalue weighted by Crippen LogP contribution is 2.16. The standard InChI is InChI=1S/C14H21N5O/c1-4-8-15-13(10-11-7-9-19(2)18-11)12-5-6-14(20-3)17-16-12/h5-7,9,13,15H,4,8,10H2,1-3H3. The van der Waals surface area contributed by atoms with Crippen LogP contribution in [0.5, 0.6) is 5.88 Å². The Morgan fingerprint density at radius 2 is 2.15 bits per heavy atom. The Morgan fingerprint density at radius 3 is 2.70 bits per heavy atom. The van der Waals surface area contributed by atoms with Gasteiger partial charge in [0.25, 0.3) is 0 Å². The van der Waals surface area contributed by atoms with E-state index in [1.54, 1.807) is 7.11 Å². The summed E-state index contributed by atoms with van der Waals surface area (Å²) >= 11 is 0. The molecule has 0 radical (unpaired) electrons. The molecule has 108 valence electrons. The lowest BCUT2D eigenvalue weighted by atomic mass is 10.1. The van der Waals surface area contributed by atoms with Crippen molar-refractivity contribution < 1.29 is 4.74 Å². The van der Waals surface area contributed by atoms with Gasteiger partial charge in [-0.1, -0.05) is 6.92 Å². The summed E-state index contributed by atoms with van der Waals surface area (Å²) in [5, 5.41) is 16.2. The summed E-state index contributed by atoms with van der Waals surface area (Å²) in [6.07, 6.45) is 3.82. The van der Waals surface area contributed by atoms with Gasteiger partial charge in [-0.3, -0.25) is 4.68 Å². The number of aryl methyl sites for hydroxylation is 1. The zero-order valence-electron chi connectivity index (χ0n) is 12.2. The zero-order valence-corrected chi connectivity index (χ0v) is 12.2. The first-order valence-corrected chi connectivity index (χ1v) is 6.82. The molecule has 0 amide bonds. The van der Waals surface area contributed by atoms with Crippen LogP contribution >= 0.6 is 0 Å². The molecule has 2 heterocycles. The predicted molar refractivity (Wildman–Crippen MR) is 76.5 cm³/mol. The molecule has 2 rings (SSSR count). The monoisotopic (exact) mass is 275 g/mol. The second-order valence-electron chi connectivity index (χ2n) is 4.69. The highest BCUT2D eigenvalue weighted by atomic mass is 16.5. The molecule has 6 nitrogen and oxygen atoms in total. The Kier molecular flexibility index (Phi) is 5.06. The van der Waals surface area contributed by atoms with E-state index in [4.69, 9.17) is 4.74 Å². The van der Waals surface area contributed by atoms with Crippen LogP contribution in [0, 0.1) is 0 Å². The van der Waals surface area contributed by atoms with E-state index in [0.29, 0.717) is 5.88 Å². The van der Waals surface area contributed by atoms with E-state index in [0.717, 1.165) is 30.8 Å². The van der Waals surface area contributed by atoms with Crippen LogP contribution in [-0.4, -0.2) is 33.6 Å². The van der Waals surface area contributed by atoms with Crippen molar-refractivity contribution in [2.45, 2.75) is 25.8 Å². The minimum Gasteiger partial charge on any atom is -0.480 e. The molecule has 6 heteroatoms. The third-order valence-corrected chi connectivity index (χ3v) is 3.05. The molecule has 0 aliphatic heterocycles. The fourth-order valence-electron chi connectivity index (χ4n) is 2.01. The van der Waals surface area contributed by atoms with Crippen molar-refractivity contribution in [3.8, 4) is 5.88 Å². The summed E-state index contributed by atoms with van der Waals surface area (Å²) in [7, 11) is 3.51. The number of nitrogens with one attached hydrogen (secondary N) is 1. The Balaban J connectivity index is 2.12. The number of ether oxygens (including phenoxy) is 1. The van der Waals surface area contributed by atoms with Crippen molar-refractivity contribution in [2.75, 3.05) is 13.7 Å². The van der Waals surface area contributed by atoms with E-state index in [1.807, 2.05) is 36.1 Å². The third-order valence-electron chi connectivity index (χ3n) is 3.05. The average molecular weight is 275 g/mol. The number of aromatic nitrogens is 4. The van der Waals surface area contributed by atoms with E-state index >= 15 is 0 Å². The molecule has 0 spiro atoms. The molecule has 0 saturated heterocycles. The molecule has 2 aromatic heterocycles. The second-order valence-corrected chi connectivity index (χ2v) is 4.69. The highest BCUT2D eigenvalue weighted by Gasteiger charge is 2.15. The molecule has 0 aromatic carbocycles. The lowest BCUT2D eigenvalue weighted by Crippen LogP contribution is -2.25. The van der Waals surface area contributed by atoms with Crippen molar-refractivity contribution in [1.82, 2.24) is 25.3 Å². The van der Waals surface area contributed by atoms with Crippen molar-refractivity contribution in [3.63, 3.8) is 0 Å². The van der Waals surface area contributed by atoms with Crippen LogP contribution in [-0.2, 0) is 13.5 Å². The summed E-state index contributed by atoms with van der Waals surface area (Å²) in [6, 6.07) is 5.92. The summed E-state index contributed by atoms with van der Waals surface area (Å²) in [5.41, 5.74) is 1.95. The van der Waals surface area contributed by atoms with Gasteiger partial charge in [0.2, 0.25) is 5.88 Å². The molecule has 1 N–H and O–H groups in total. The highest BCUT2D eigenvalue weighted by molar-refractivity contribution is 5.16. The van der Waals surface area contributed by atoms with Crippen LogP contribution < -0.4 is 10.1 Å². The van der Waals surface area contributed by atoms with Crippen LogP contribution in [0.15, 0.2) is 24.4 Å². The first kappa shape index (κ1) is 14.5. The summed E-state index contributed by atoms with van der Waals surface area (Å²) in [5.74, 6) is 0.529. The van der Waals surface area contributed by atoms with Crippen LogP contribution in [0.2, 0.25) is 0 Å². The van der Waals surface area contributed by atoms with E-state index in [-0.39, 0.29) is 6.04 Å². The quantitative estimate of drug-likeness (QED) is 0.829. The minimum absolute atomic E-state index is 0.114. The second kappa shape index (κ2) is 7.00. The normalized spacial score (nSPS) is 12.3. The average Bonchev–Trinajstić information content (AvgIpc) is 2.89. The summed E-state index contributed by atoms with van der Waals surface area (Å²) in [6.45, 7) is 3.08. The molecular weight excluding hydrogens is 254 g/mol. The fraction of sp³-hybridized carbons (Fsp3) is 0.500. The lowest BCUT2D eigenvalue weighted by molar-refractivity contribution is 0.388. The van der Waals surface area contributed by atoms with Crippen molar-refractivity contribution in [2.24, 2.45) is 7.05 Å². The van der Waals surface area contributed by atoms with Crippen molar-refractivity contribution in [1.29, 1.82) is 0 Å². The molecule has 0 aliphatic rings. The fourth-order valence-corrected chi connectivity index (χ4v) is 2.01. The maximum atomic E-state index is 5.04. The van der Waals surface area contributed by atoms with Gasteiger partial charge in [-0.25, -0.2) is 0 Å². The number of nitrogens with zero attached hydrogens (tertiary/aromatic N) is 4. The Morgan fingerprint density at radius 1 is 1.30 bits per heavy atom. The predicted octanol–water partition coefficient (Wildman–Crippen LogP) is 1.50. The van der Waals surface area contributed by atoms with Gasteiger partial charge in [-0.2, -0.15) is 10.2 Å². The first-order chi connectivity index (χ1) is 9.72. The van der Waals surface area contributed by atoms with E-state index < -0.39 is 0 Å². The van der Waals surface area contributed by atoms with Gasteiger partial charge in [0, 0.05) is 25.7 Å². The van der Waals surface area contributed by atoms with Crippen LogP contribution in [0.1, 0.15) is 30.8 Å². The first-order valence-electron chi connectivity index (χ1n) is 6.82. The molecule has 1 atom stereocenters. The molecule has 0 bridgehead atoms. The molecule has 1 unspecified atom stereocenters. The van der Waals surface area contributed by atoms with Gasteiger partial charge in [0.05, 0.1) is 24.5 Å². The molecule has 0 fully saturated rings. The van der Waals surface area contributed by atoms with Gasteiger partial charge in [-0.05, 0) is 25.1 Å². The maximum absolute atomic E-state index is 5.04. The van der Waals surface area contributed by atoms with E-state index in [1.165, 1.54) is 0 Å². The van der Waals surface area contributed by atoms with E-state index in [9.17, 15) is 0 Å². The van der Waals surface area contributed by atoms with Gasteiger partial charge < -0.3 is 10.1 Å². The molecule has 20 heavy (non-hydrogen) atoms. The minimum atomic E-state index is 0.114. The van der Waals surface area contributed by atoms with Gasteiger partial charge in [0.15, 0.2) is 0 Å². The largest absolute Gasteiger partial charge is 0.480 e. The molecule has 0 saturated carbocycles. The third kappa shape index (κ3) is 3.77. The van der Waals surface area contributed by atoms with Gasteiger partial charge >= 0.3 is 0 Å². The number of methoxy groups -OCH3 is 1. The SMILES string of the molecule is CCCNC(Cc1ccn(C)n1)c1ccc(OC)nn1. The van der Waals surface area contributed by atoms with Crippen LogP contribution in [0.4, 0.5) is 0 Å². The lowest BCUT2D eigenvalue weighted by Gasteiger charge is -2.16. The summed E-state index contributed by atoms with van der Waals surface area (Å²) < 4.78 is 6.85. The molecule has 2 aromatic rings. The number of rotatable bonds is 7. The van der Waals surface area contributed by atoms with Crippen LogP contribution in [0.3, 0.4) is 0 Å². The van der Waals surface area contributed by atoms with Gasteiger partial charge in [0.1, 0.15) is 0 Å². The van der Waals surface area contributed by atoms with Crippen LogP contribution in [0.25, 0.3) is 0 Å². The Hall–Kier alpha value is -1.95. The summed E-state index contributed by atoms with van der Waals surface area (Å²) in [4.78, 5) is 0. The Bertz CT molecular complexity index is 523. The molecule has 0 aliphatic carbocycles. The number of hydrogen-bond acceptors (Lipinski definition) is 5. The van der Waals surface area contributed by atoms with Crippen molar-refractivity contribution in [3.05, 3.63) is 35.8 Å². The zero-order chi connectivity index (χ0) is 14.4. The maximum Gasteiger partial charge on any atom is 0.233 e. The smallest absolute Gasteiger partial charge is 0.233 e. The van der Waals surface area contributed by atoms with Crippen molar-refractivity contribution >= 4 is 0 Å². The van der Waals surface area contributed by atoms with Gasteiger partial charge in [-0.15, -0.1) is 5.10 Å². The molecular formula is C14H21N5O. The van der Waals surface area contributed by atoms with E-state index in [2.05, 4.69) is 27.5 Å². The Labute approximate surface area is 119 Å².